The molecule has 0 saturated carbocycles. The summed E-state index contributed by atoms with van der Waals surface area (Å²) in [6.45, 7) is 0. The molecule has 0 aliphatic carbocycles. The molecular weight excluding hydrogens is 365 g/mol. The van der Waals surface area contributed by atoms with Crippen LogP contribution in [0.5, 0.6) is 0 Å². The van der Waals surface area contributed by atoms with Crippen LogP contribution in [0.1, 0.15) is 5.56 Å². The smallest absolute Gasteiger partial charge is 0.272 e. The molecule has 0 aliphatic heterocycles. The molecule has 0 N–H and O–H groups in total. The largest absolute Gasteiger partial charge is 0.472 e. The van der Waals surface area contributed by atoms with Gasteiger partial charge in [0.1, 0.15) is 0 Å². The van der Waals surface area contributed by atoms with Gasteiger partial charge in [-0.15, -0.1) is 0 Å². The molecule has 130 valence electrons. The van der Waals surface area contributed by atoms with Crippen LogP contribution in [0.4, 0.5) is 33.3 Å². The number of hydrogen-bond donors (Lipinski definition) is 0. The molecule has 0 spiro atoms. The molecule has 0 bridgehead atoms. The van der Waals surface area contributed by atoms with Gasteiger partial charge in [-0.2, -0.15) is 22.0 Å². The van der Waals surface area contributed by atoms with Gasteiger partial charge in [-0.25, -0.2) is 0 Å². The Kier molecular flexibility index (Phi) is 5.65. The predicted octanol–water partition coefficient (Wildman–Crippen LogP) is 5.18. The van der Waals surface area contributed by atoms with Crippen LogP contribution in [-0.4, -0.2) is 18.5 Å². The minimum absolute atomic E-state index is 0.127. The minimum Gasteiger partial charge on any atom is -0.272 e. The van der Waals surface area contributed by atoms with Gasteiger partial charge >= 0.3 is 12.1 Å². The standard InChI is InChI=1S/C17H9ClF5NO/c18-12-6-8-13(9-7-12)24(16(25)17(21,22)23)14-4-2-1-3-11(14)5-10-15(19)20/h1-4,6-9,15H. The number of hydrogen-bond acceptors (Lipinski definition) is 1. The van der Waals surface area contributed by atoms with Crippen molar-refractivity contribution >= 4 is 28.9 Å². The van der Waals surface area contributed by atoms with E-state index in [2.05, 4.69) is 5.92 Å². The van der Waals surface area contributed by atoms with Gasteiger partial charge in [-0.3, -0.25) is 9.69 Å². The first kappa shape index (κ1) is 18.7. The average Bonchev–Trinajstić information content (AvgIpc) is 2.55. The van der Waals surface area contributed by atoms with Gasteiger partial charge in [0, 0.05) is 16.3 Å². The summed E-state index contributed by atoms with van der Waals surface area (Å²) in [5.41, 5.74) is -0.534. The summed E-state index contributed by atoms with van der Waals surface area (Å²) in [4.78, 5) is 12.3. The van der Waals surface area contributed by atoms with Crippen LogP contribution in [0.2, 0.25) is 5.02 Å². The molecule has 8 heteroatoms. The summed E-state index contributed by atoms with van der Waals surface area (Å²) in [5.74, 6) is 1.49. The topological polar surface area (TPSA) is 20.3 Å². The molecule has 2 nitrogen and oxygen atoms in total. The second kappa shape index (κ2) is 7.53. The number of benzene rings is 2. The molecule has 0 aliphatic rings. The molecule has 0 saturated heterocycles. The number of halogens is 6. The van der Waals surface area contributed by atoms with Crippen molar-refractivity contribution in [2.75, 3.05) is 4.90 Å². The van der Waals surface area contributed by atoms with Crippen molar-refractivity contribution in [2.24, 2.45) is 0 Å². The van der Waals surface area contributed by atoms with E-state index in [1.165, 1.54) is 48.5 Å². The van der Waals surface area contributed by atoms with Gasteiger partial charge in [-0.1, -0.05) is 29.7 Å². The Bertz CT molecular complexity index is 821. The van der Waals surface area contributed by atoms with Crippen LogP contribution in [0.25, 0.3) is 0 Å². The van der Waals surface area contributed by atoms with Gasteiger partial charge in [0.25, 0.3) is 6.43 Å². The van der Waals surface area contributed by atoms with E-state index in [1.54, 1.807) is 5.92 Å². The highest BCUT2D eigenvalue weighted by Gasteiger charge is 2.44. The molecule has 0 radical (unpaired) electrons. The van der Waals surface area contributed by atoms with E-state index in [-0.39, 0.29) is 22.0 Å². The van der Waals surface area contributed by atoms with Crippen molar-refractivity contribution in [3.05, 3.63) is 59.1 Å². The summed E-state index contributed by atoms with van der Waals surface area (Å²) >= 11 is 5.72. The summed E-state index contributed by atoms with van der Waals surface area (Å²) in [6, 6.07) is 10.3. The maximum atomic E-state index is 13.0. The lowest BCUT2D eigenvalue weighted by Crippen LogP contribution is -2.38. The number of amides is 1. The van der Waals surface area contributed by atoms with Crippen molar-refractivity contribution in [2.45, 2.75) is 12.6 Å². The lowest BCUT2D eigenvalue weighted by Gasteiger charge is -2.25. The van der Waals surface area contributed by atoms with Gasteiger partial charge < -0.3 is 0 Å². The van der Waals surface area contributed by atoms with E-state index in [1.807, 2.05) is 0 Å². The summed E-state index contributed by atoms with van der Waals surface area (Å²) in [6.07, 6.45) is -8.14. The van der Waals surface area contributed by atoms with Crippen molar-refractivity contribution in [3.63, 3.8) is 0 Å². The van der Waals surface area contributed by atoms with Crippen LogP contribution in [0.15, 0.2) is 48.5 Å². The normalized spacial score (nSPS) is 11.0. The molecule has 0 unspecified atom stereocenters. The third kappa shape index (κ3) is 4.70. The Morgan fingerprint density at radius 1 is 1.04 bits per heavy atom. The highest BCUT2D eigenvalue weighted by molar-refractivity contribution is 6.30. The number of carbonyl (C=O) groups excluding carboxylic acids is 1. The highest BCUT2D eigenvalue weighted by atomic mass is 35.5. The maximum Gasteiger partial charge on any atom is 0.472 e. The van der Waals surface area contributed by atoms with Crippen molar-refractivity contribution in [1.29, 1.82) is 0 Å². The SMILES string of the molecule is O=C(N(c1ccc(Cl)cc1)c1ccccc1C#CC(F)F)C(F)(F)F. The Labute approximate surface area is 144 Å². The zero-order valence-electron chi connectivity index (χ0n) is 12.3. The van der Waals surface area contributed by atoms with E-state index in [0.717, 1.165) is 0 Å². The molecule has 0 atom stereocenters. The first-order valence-electron chi connectivity index (χ1n) is 6.75. The fourth-order valence-corrected chi connectivity index (χ4v) is 2.12. The van der Waals surface area contributed by atoms with Crippen LogP contribution < -0.4 is 4.90 Å². The third-order valence-electron chi connectivity index (χ3n) is 2.99. The number of anilines is 2. The Morgan fingerprint density at radius 2 is 1.64 bits per heavy atom. The molecule has 25 heavy (non-hydrogen) atoms. The van der Waals surface area contributed by atoms with Crippen molar-refractivity contribution in [1.82, 2.24) is 0 Å². The molecule has 0 fully saturated rings. The summed E-state index contributed by atoms with van der Waals surface area (Å²) < 4.78 is 63.7. The zero-order chi connectivity index (χ0) is 18.6. The molecule has 1 amide bonds. The van der Waals surface area contributed by atoms with E-state index < -0.39 is 18.5 Å². The van der Waals surface area contributed by atoms with Gasteiger partial charge in [0.15, 0.2) is 0 Å². The molecule has 2 rings (SSSR count). The maximum absolute atomic E-state index is 13.0. The second-order valence-electron chi connectivity index (χ2n) is 4.70. The number of para-hydroxylation sites is 1. The quantitative estimate of drug-likeness (QED) is 0.524. The Hall–Kier alpha value is -2.59. The molecular formula is C17H9ClF5NO. The fourth-order valence-electron chi connectivity index (χ4n) is 1.99. The number of carbonyl (C=O) groups is 1. The van der Waals surface area contributed by atoms with E-state index in [4.69, 9.17) is 11.6 Å². The van der Waals surface area contributed by atoms with Gasteiger partial charge in [-0.05, 0) is 42.3 Å². The van der Waals surface area contributed by atoms with Crippen LogP contribution >= 0.6 is 11.6 Å². The molecule has 0 aromatic heterocycles. The highest BCUT2D eigenvalue weighted by Crippen LogP contribution is 2.33. The third-order valence-corrected chi connectivity index (χ3v) is 3.24. The lowest BCUT2D eigenvalue weighted by molar-refractivity contribution is -0.169. The van der Waals surface area contributed by atoms with Crippen molar-refractivity contribution in [3.8, 4) is 11.8 Å². The van der Waals surface area contributed by atoms with Crippen LogP contribution in [0.3, 0.4) is 0 Å². The summed E-state index contributed by atoms with van der Waals surface area (Å²) in [7, 11) is 0. The summed E-state index contributed by atoms with van der Waals surface area (Å²) in [5, 5.41) is 0.258. The first-order chi connectivity index (χ1) is 11.7. The molecule has 0 heterocycles. The Balaban J connectivity index is 2.63. The zero-order valence-corrected chi connectivity index (χ0v) is 13.1. The van der Waals surface area contributed by atoms with Crippen LogP contribution in [-0.2, 0) is 4.79 Å². The van der Waals surface area contributed by atoms with Crippen molar-refractivity contribution < 1.29 is 26.7 Å². The minimum atomic E-state index is -5.18. The van der Waals surface area contributed by atoms with Crippen LogP contribution in [0, 0.1) is 11.8 Å². The van der Waals surface area contributed by atoms with E-state index in [0.29, 0.717) is 4.90 Å². The average molecular weight is 374 g/mol. The first-order valence-corrected chi connectivity index (χ1v) is 7.13. The van der Waals surface area contributed by atoms with Gasteiger partial charge in [0.2, 0.25) is 0 Å². The number of nitrogens with zero attached hydrogens (tertiary/aromatic N) is 1. The fraction of sp³-hybridized carbons (Fsp3) is 0.118. The van der Waals surface area contributed by atoms with E-state index in [9.17, 15) is 26.7 Å². The Morgan fingerprint density at radius 3 is 2.20 bits per heavy atom. The second-order valence-corrected chi connectivity index (χ2v) is 5.14. The molecule has 2 aromatic carbocycles. The van der Waals surface area contributed by atoms with Gasteiger partial charge in [0.05, 0.1) is 5.69 Å². The number of alkyl halides is 5. The van der Waals surface area contributed by atoms with E-state index >= 15 is 0 Å². The lowest BCUT2D eigenvalue weighted by atomic mass is 10.1. The predicted molar refractivity (Wildman–Crippen MR) is 84.0 cm³/mol. The molecule has 2 aromatic rings. The monoisotopic (exact) mass is 373 g/mol. The number of rotatable bonds is 2.